The molecule has 144 valence electrons. The molecule has 28 heavy (non-hydrogen) atoms. The summed E-state index contributed by atoms with van der Waals surface area (Å²) in [6, 6.07) is 7.33. The first kappa shape index (κ1) is 18.4. The molecule has 2 amide bonds. The van der Waals surface area contributed by atoms with Crippen LogP contribution in [0.3, 0.4) is 0 Å². The normalized spacial score (nSPS) is 24.9. The summed E-state index contributed by atoms with van der Waals surface area (Å²) in [5.74, 6) is -4.18. The smallest absolute Gasteiger partial charge is 0.307 e. The van der Waals surface area contributed by atoms with Crippen LogP contribution in [0.15, 0.2) is 47.9 Å². The van der Waals surface area contributed by atoms with Crippen LogP contribution < -0.4 is 10.6 Å². The third kappa shape index (κ3) is 3.20. The van der Waals surface area contributed by atoms with E-state index in [4.69, 9.17) is 0 Å². The Morgan fingerprint density at radius 3 is 2.46 bits per heavy atom. The van der Waals surface area contributed by atoms with Gasteiger partial charge < -0.3 is 15.7 Å². The summed E-state index contributed by atoms with van der Waals surface area (Å²) in [6.45, 7) is 0. The molecule has 0 spiro atoms. The lowest BCUT2D eigenvalue weighted by Gasteiger charge is -2.23. The van der Waals surface area contributed by atoms with Gasteiger partial charge in [-0.2, -0.15) is 0 Å². The van der Waals surface area contributed by atoms with Crippen LogP contribution in [0.4, 0.5) is 15.1 Å². The van der Waals surface area contributed by atoms with Crippen molar-refractivity contribution in [3.8, 4) is 0 Å². The maximum absolute atomic E-state index is 13.8. The van der Waals surface area contributed by atoms with E-state index in [1.807, 2.05) is 12.2 Å². The predicted molar refractivity (Wildman–Crippen MR) is 103 cm³/mol. The largest absolute Gasteiger partial charge is 0.481 e. The zero-order valence-corrected chi connectivity index (χ0v) is 15.4. The fourth-order valence-electron chi connectivity index (χ4n) is 4.05. The second kappa shape index (κ2) is 7.20. The van der Waals surface area contributed by atoms with Crippen molar-refractivity contribution in [2.45, 2.75) is 6.42 Å². The standard InChI is InChI=1S/C20H17FN2O4S/c21-13-3-1-2-4-14(13)22-17(24)12-7-8-28-19(12)23-18(25)15-10-5-6-11(9-10)16(15)20(26)27/h1-8,10-11,15-16H,9H2,(H,22,24)(H,23,25)(H,26,27)/t10-,11+,15+,16+/m1/s1. The lowest BCUT2D eigenvalue weighted by molar-refractivity contribution is -0.146. The Morgan fingerprint density at radius 2 is 1.75 bits per heavy atom. The molecule has 1 aromatic heterocycles. The van der Waals surface area contributed by atoms with Crippen molar-refractivity contribution in [2.24, 2.45) is 23.7 Å². The van der Waals surface area contributed by atoms with Gasteiger partial charge in [0.2, 0.25) is 5.91 Å². The maximum Gasteiger partial charge on any atom is 0.307 e. The van der Waals surface area contributed by atoms with Crippen LogP contribution in [-0.4, -0.2) is 22.9 Å². The number of carbonyl (C=O) groups excluding carboxylic acids is 2. The molecule has 3 N–H and O–H groups in total. The summed E-state index contributed by atoms with van der Waals surface area (Å²) in [4.78, 5) is 36.9. The van der Waals surface area contributed by atoms with Gasteiger partial charge in [-0.05, 0) is 41.8 Å². The van der Waals surface area contributed by atoms with E-state index in [0.29, 0.717) is 11.4 Å². The van der Waals surface area contributed by atoms with E-state index in [-0.39, 0.29) is 23.1 Å². The number of allylic oxidation sites excluding steroid dienone is 2. The van der Waals surface area contributed by atoms with Crippen molar-refractivity contribution in [3.05, 3.63) is 59.2 Å². The molecule has 0 aliphatic heterocycles. The molecule has 2 aliphatic rings. The first-order valence-corrected chi connectivity index (χ1v) is 9.69. The van der Waals surface area contributed by atoms with E-state index in [1.165, 1.54) is 24.3 Å². The van der Waals surface area contributed by atoms with E-state index in [1.54, 1.807) is 11.4 Å². The van der Waals surface area contributed by atoms with Gasteiger partial charge in [0.1, 0.15) is 10.8 Å². The average Bonchev–Trinajstić information content (AvgIpc) is 3.38. The predicted octanol–water partition coefficient (Wildman–Crippen LogP) is 3.60. The van der Waals surface area contributed by atoms with E-state index in [2.05, 4.69) is 10.6 Å². The van der Waals surface area contributed by atoms with Gasteiger partial charge in [-0.15, -0.1) is 11.3 Å². The molecule has 4 rings (SSSR count). The number of halogens is 1. The van der Waals surface area contributed by atoms with Crippen molar-refractivity contribution in [1.29, 1.82) is 0 Å². The molecule has 1 aromatic carbocycles. The molecule has 2 aliphatic carbocycles. The second-order valence-corrected chi connectivity index (χ2v) is 7.84. The molecule has 2 bridgehead atoms. The van der Waals surface area contributed by atoms with Crippen molar-refractivity contribution in [1.82, 2.24) is 0 Å². The summed E-state index contributed by atoms with van der Waals surface area (Å²) in [6.07, 6.45) is 4.42. The van der Waals surface area contributed by atoms with Crippen LogP contribution in [0, 0.1) is 29.5 Å². The highest BCUT2D eigenvalue weighted by Gasteiger charge is 2.51. The number of fused-ring (bicyclic) bond motifs is 2. The highest BCUT2D eigenvalue weighted by molar-refractivity contribution is 7.14. The van der Waals surface area contributed by atoms with Gasteiger partial charge in [0, 0.05) is 0 Å². The maximum atomic E-state index is 13.8. The number of benzene rings is 1. The fourth-order valence-corrected chi connectivity index (χ4v) is 4.84. The number of nitrogens with one attached hydrogen (secondary N) is 2. The zero-order chi connectivity index (χ0) is 19.8. The molecule has 4 atom stereocenters. The Hall–Kier alpha value is -3.00. The number of carboxylic acid groups (broad SMARTS) is 1. The van der Waals surface area contributed by atoms with E-state index in [0.717, 1.165) is 11.3 Å². The summed E-state index contributed by atoms with van der Waals surface area (Å²) in [7, 11) is 0. The summed E-state index contributed by atoms with van der Waals surface area (Å²) in [5.41, 5.74) is 0.243. The average molecular weight is 400 g/mol. The highest BCUT2D eigenvalue weighted by atomic mass is 32.1. The zero-order valence-electron chi connectivity index (χ0n) is 14.6. The minimum absolute atomic E-state index is 0.0418. The number of rotatable bonds is 5. The number of aliphatic carboxylic acids is 1. The Kier molecular flexibility index (Phi) is 4.72. The fraction of sp³-hybridized carbons (Fsp3) is 0.250. The summed E-state index contributed by atoms with van der Waals surface area (Å²) < 4.78 is 13.8. The lowest BCUT2D eigenvalue weighted by atomic mass is 9.82. The topological polar surface area (TPSA) is 95.5 Å². The van der Waals surface area contributed by atoms with E-state index in [9.17, 15) is 23.9 Å². The number of thiophene rings is 1. The second-order valence-electron chi connectivity index (χ2n) is 6.92. The molecule has 0 radical (unpaired) electrons. The molecule has 0 saturated heterocycles. The van der Waals surface area contributed by atoms with Crippen LogP contribution in [0.5, 0.6) is 0 Å². The van der Waals surface area contributed by atoms with Crippen LogP contribution in [0.2, 0.25) is 0 Å². The number of carboxylic acids is 1. The Balaban J connectivity index is 1.51. The molecule has 1 fully saturated rings. The SMILES string of the molecule is O=C(Nc1ccccc1F)c1ccsc1NC(=O)[C@@H]1[C@@H](C(=O)O)[C@H]2C=C[C@@H]1C2. The highest BCUT2D eigenvalue weighted by Crippen LogP contribution is 2.48. The Bertz CT molecular complexity index is 986. The van der Waals surface area contributed by atoms with Crippen molar-refractivity contribution in [2.75, 3.05) is 10.6 Å². The lowest BCUT2D eigenvalue weighted by Crippen LogP contribution is -2.36. The number of carbonyl (C=O) groups is 3. The van der Waals surface area contributed by atoms with Crippen LogP contribution in [0.25, 0.3) is 0 Å². The molecular formula is C20H17FN2O4S. The Morgan fingerprint density at radius 1 is 1.04 bits per heavy atom. The minimum atomic E-state index is -0.985. The number of anilines is 2. The van der Waals surface area contributed by atoms with Crippen LogP contribution in [-0.2, 0) is 9.59 Å². The van der Waals surface area contributed by atoms with Crippen molar-refractivity contribution in [3.63, 3.8) is 0 Å². The molecule has 1 saturated carbocycles. The molecule has 1 heterocycles. The van der Waals surface area contributed by atoms with Gasteiger partial charge in [-0.1, -0.05) is 24.3 Å². The number of para-hydroxylation sites is 1. The number of hydrogen-bond donors (Lipinski definition) is 3. The summed E-state index contributed by atoms with van der Waals surface area (Å²) >= 11 is 1.16. The number of amides is 2. The van der Waals surface area contributed by atoms with Gasteiger partial charge in [0.15, 0.2) is 0 Å². The van der Waals surface area contributed by atoms with Gasteiger partial charge in [-0.3, -0.25) is 14.4 Å². The first-order valence-electron chi connectivity index (χ1n) is 8.81. The van der Waals surface area contributed by atoms with Gasteiger partial charge in [0.25, 0.3) is 5.91 Å². The number of hydrogen-bond acceptors (Lipinski definition) is 4. The molecule has 8 heteroatoms. The Labute approximate surface area is 164 Å². The molecule has 6 nitrogen and oxygen atoms in total. The molecular weight excluding hydrogens is 383 g/mol. The summed E-state index contributed by atoms with van der Waals surface area (Å²) in [5, 5.41) is 16.7. The van der Waals surface area contributed by atoms with Crippen molar-refractivity contribution >= 4 is 39.8 Å². The van der Waals surface area contributed by atoms with E-state index >= 15 is 0 Å². The molecule has 0 unspecified atom stereocenters. The van der Waals surface area contributed by atoms with Crippen molar-refractivity contribution < 1.29 is 23.9 Å². The molecule has 2 aromatic rings. The van der Waals surface area contributed by atoms with Crippen LogP contribution in [0.1, 0.15) is 16.8 Å². The third-order valence-electron chi connectivity index (χ3n) is 5.32. The minimum Gasteiger partial charge on any atom is -0.481 e. The van der Waals surface area contributed by atoms with Gasteiger partial charge in [-0.25, -0.2) is 4.39 Å². The third-order valence-corrected chi connectivity index (χ3v) is 6.15. The quantitative estimate of drug-likeness (QED) is 0.668. The van der Waals surface area contributed by atoms with Gasteiger partial charge >= 0.3 is 5.97 Å². The monoisotopic (exact) mass is 400 g/mol. The van der Waals surface area contributed by atoms with Crippen LogP contribution >= 0.6 is 11.3 Å². The van der Waals surface area contributed by atoms with E-state index < -0.39 is 35.4 Å². The first-order chi connectivity index (χ1) is 13.5. The van der Waals surface area contributed by atoms with Gasteiger partial charge in [0.05, 0.1) is 23.1 Å².